The number of aryl methyl sites for hydroxylation is 1. The Labute approximate surface area is 279 Å². The van der Waals surface area contributed by atoms with Crippen molar-refractivity contribution in [2.45, 2.75) is 52.0 Å². The molecule has 0 aliphatic carbocycles. The first-order valence-corrected chi connectivity index (χ1v) is 16.6. The maximum Gasteiger partial charge on any atom is 0.320 e. The largest absolute Gasteiger partial charge is 0.486 e. The van der Waals surface area contributed by atoms with Crippen molar-refractivity contribution in [3.63, 3.8) is 0 Å². The van der Waals surface area contributed by atoms with Gasteiger partial charge in [0.2, 0.25) is 0 Å². The fourth-order valence-corrected chi connectivity index (χ4v) is 6.68. The van der Waals surface area contributed by atoms with E-state index in [1.54, 1.807) is 34.1 Å². The normalized spacial score (nSPS) is 14.7. The van der Waals surface area contributed by atoms with Crippen LogP contribution in [0.2, 0.25) is 0 Å². The minimum atomic E-state index is -0.541. The molecule has 2 amide bonds. The number of rotatable bonds is 10. The van der Waals surface area contributed by atoms with Crippen LogP contribution in [0.1, 0.15) is 53.7 Å². The fourth-order valence-electron chi connectivity index (χ4n) is 5.99. The Kier molecular flexibility index (Phi) is 9.99. The number of anilines is 1. The van der Waals surface area contributed by atoms with Gasteiger partial charge in [-0.3, -0.25) is 5.41 Å². The molecule has 9 nitrogen and oxygen atoms in total. The quantitative estimate of drug-likeness (QED) is 0.118. The minimum absolute atomic E-state index is 0.0237. The second kappa shape index (κ2) is 14.3. The molecule has 2 aliphatic heterocycles. The smallest absolute Gasteiger partial charge is 0.320 e. The zero-order valence-electron chi connectivity index (χ0n) is 25.5. The van der Waals surface area contributed by atoms with Crippen molar-refractivity contribution in [1.29, 1.82) is 5.41 Å². The molecule has 3 heterocycles. The zero-order chi connectivity index (χ0) is 33.1. The van der Waals surface area contributed by atoms with E-state index in [0.29, 0.717) is 54.9 Å². The molecule has 1 fully saturated rings. The van der Waals surface area contributed by atoms with Crippen molar-refractivity contribution in [2.75, 3.05) is 17.8 Å². The summed E-state index contributed by atoms with van der Waals surface area (Å²) in [6.45, 7) is 3.31. The Morgan fingerprint density at radius 1 is 1.09 bits per heavy atom. The number of nitrogens with one attached hydrogen (secondary N) is 2. The molecule has 3 N–H and O–H groups in total. The van der Waals surface area contributed by atoms with Crippen LogP contribution in [0.4, 0.5) is 22.6 Å². The van der Waals surface area contributed by atoms with Crippen LogP contribution in [0.25, 0.3) is 11.1 Å². The summed E-state index contributed by atoms with van der Waals surface area (Å²) >= 11 is -0.270. The van der Waals surface area contributed by atoms with Gasteiger partial charge >= 0.3 is 6.03 Å². The van der Waals surface area contributed by atoms with Gasteiger partial charge in [0.25, 0.3) is 0 Å². The number of aliphatic hydroxyl groups is 1. The van der Waals surface area contributed by atoms with Crippen molar-refractivity contribution in [2.24, 2.45) is 0 Å². The van der Waals surface area contributed by atoms with Crippen LogP contribution >= 0.6 is 24.7 Å². The first-order valence-electron chi connectivity index (χ1n) is 15.2. The summed E-state index contributed by atoms with van der Waals surface area (Å²) in [4.78, 5) is 20.8. The lowest BCUT2D eigenvalue weighted by Crippen LogP contribution is -2.45. The molecular formula is C33H33F3N6O3S2. The lowest BCUT2D eigenvalue weighted by molar-refractivity contribution is 0.0807. The molecule has 4 aromatic rings. The highest BCUT2D eigenvalue weighted by Gasteiger charge is 2.35. The van der Waals surface area contributed by atoms with Gasteiger partial charge in [-0.25, -0.2) is 18.1 Å². The van der Waals surface area contributed by atoms with Gasteiger partial charge in [-0.2, -0.15) is 0 Å². The first-order chi connectivity index (χ1) is 22.8. The van der Waals surface area contributed by atoms with E-state index in [2.05, 4.69) is 9.71 Å². The molecule has 47 heavy (non-hydrogen) atoms. The first kappa shape index (κ1) is 32.8. The number of benzene rings is 3. The number of carbonyl (C=O) groups excluding carboxylic acids is 1. The number of hydrogen-bond acceptors (Lipinski definition) is 8. The number of aromatic nitrogens is 2. The molecule has 1 aromatic heterocycles. The van der Waals surface area contributed by atoms with Gasteiger partial charge in [0.15, 0.2) is 42.1 Å². The van der Waals surface area contributed by atoms with E-state index in [0.717, 1.165) is 11.1 Å². The molecule has 0 saturated carbocycles. The molecule has 14 heteroatoms. The second-order valence-corrected chi connectivity index (χ2v) is 12.3. The molecule has 2 aliphatic rings. The highest BCUT2D eigenvalue weighted by molar-refractivity contribution is 7.95. The van der Waals surface area contributed by atoms with E-state index >= 15 is 4.39 Å². The topological polar surface area (TPSA) is 107 Å². The lowest BCUT2D eigenvalue weighted by atomic mass is 9.95. The number of ether oxygens (including phenoxy) is 1. The predicted octanol–water partition coefficient (Wildman–Crippen LogP) is 7.46. The average molecular weight is 683 g/mol. The maximum atomic E-state index is 15.3. The van der Waals surface area contributed by atoms with E-state index in [9.17, 15) is 17.7 Å². The van der Waals surface area contributed by atoms with Crippen LogP contribution in [-0.2, 0) is 26.1 Å². The number of likely N-dealkylation sites (tertiary alicyclic amines) is 1. The molecule has 6 rings (SSSR count). The highest BCUT2D eigenvalue weighted by atomic mass is 32.2. The fraction of sp³-hybridized carbons (Fsp3) is 0.303. The molecular weight excluding hydrogens is 650 g/mol. The molecule has 1 saturated heterocycles. The van der Waals surface area contributed by atoms with E-state index in [1.807, 2.05) is 37.3 Å². The van der Waals surface area contributed by atoms with Crippen molar-refractivity contribution in [3.05, 3.63) is 100 Å². The molecule has 0 bridgehead atoms. The van der Waals surface area contributed by atoms with Crippen molar-refractivity contribution < 1.29 is 26.8 Å². The standard InChI is InChI=1S/C33H33F3N6O3S2/c1-2-21-15-30(45-19-20-6-4-3-5-7-20)26(34)16-25(21)22-8-9-24(27(14-22)39-46-35)31(37)32-38-28-17-41(18-29(28)42(32)47-36)33(44)40-12-10-23(43)11-13-40/h3-9,14-16,23,37,39,43H,2,10-13,17-19H2,1H3. The number of amides is 2. The van der Waals surface area contributed by atoms with Gasteiger partial charge in [0, 0.05) is 18.7 Å². The number of piperidine rings is 1. The van der Waals surface area contributed by atoms with Crippen molar-refractivity contribution in [1.82, 2.24) is 18.8 Å². The van der Waals surface area contributed by atoms with Gasteiger partial charge < -0.3 is 24.4 Å². The van der Waals surface area contributed by atoms with E-state index in [4.69, 9.17) is 10.1 Å². The third-order valence-electron chi connectivity index (χ3n) is 8.52. The summed E-state index contributed by atoms with van der Waals surface area (Å²) < 4.78 is 52.8. The summed E-state index contributed by atoms with van der Waals surface area (Å²) in [6.07, 6.45) is 1.18. The summed E-state index contributed by atoms with van der Waals surface area (Å²) in [5.74, 6) is -0.388. The Hall–Kier alpha value is -4.14. The predicted molar refractivity (Wildman–Crippen MR) is 178 cm³/mol. The number of aliphatic hydroxyl groups excluding tert-OH is 1. The number of halogens is 3. The number of imidazole rings is 1. The Morgan fingerprint density at radius 3 is 2.55 bits per heavy atom. The average Bonchev–Trinajstić information content (AvgIpc) is 3.66. The molecule has 3 aromatic carbocycles. The highest BCUT2D eigenvalue weighted by Crippen LogP contribution is 2.36. The Morgan fingerprint density at radius 2 is 1.85 bits per heavy atom. The summed E-state index contributed by atoms with van der Waals surface area (Å²) in [5.41, 5.74) is 4.19. The van der Waals surface area contributed by atoms with Crippen LogP contribution in [0.5, 0.6) is 5.75 Å². The third-order valence-corrected chi connectivity index (χ3v) is 9.34. The monoisotopic (exact) mass is 682 g/mol. The van der Waals surface area contributed by atoms with E-state index in [1.165, 1.54) is 10.0 Å². The van der Waals surface area contributed by atoms with Crippen LogP contribution in [0.3, 0.4) is 0 Å². The molecule has 0 radical (unpaired) electrons. The molecule has 0 spiro atoms. The molecule has 0 unspecified atom stereocenters. The number of fused-ring (bicyclic) bond motifs is 1. The van der Waals surface area contributed by atoms with Gasteiger partial charge in [-0.15, -0.1) is 7.77 Å². The number of hydrogen-bond donors (Lipinski definition) is 3. The Balaban J connectivity index is 1.24. The third kappa shape index (κ3) is 6.81. The molecule has 0 atom stereocenters. The Bertz CT molecular complexity index is 1780. The lowest BCUT2D eigenvalue weighted by Gasteiger charge is -2.32. The number of carbonyl (C=O) groups is 1. The van der Waals surface area contributed by atoms with Crippen LogP contribution in [-0.4, -0.2) is 54.8 Å². The van der Waals surface area contributed by atoms with Gasteiger partial charge in [-0.1, -0.05) is 43.3 Å². The second-order valence-electron chi connectivity index (χ2n) is 11.4. The van der Waals surface area contributed by atoms with Crippen LogP contribution in [0, 0.1) is 11.2 Å². The van der Waals surface area contributed by atoms with Crippen molar-refractivity contribution >= 4 is 42.1 Å². The summed E-state index contributed by atoms with van der Waals surface area (Å²) in [6, 6.07) is 17.2. The summed E-state index contributed by atoms with van der Waals surface area (Å²) in [7, 11) is 0. The van der Waals surface area contributed by atoms with Crippen LogP contribution in [0.15, 0.2) is 60.7 Å². The van der Waals surface area contributed by atoms with Crippen LogP contribution < -0.4 is 9.46 Å². The maximum absolute atomic E-state index is 15.3. The molecule has 246 valence electrons. The van der Waals surface area contributed by atoms with Gasteiger partial charge in [0.05, 0.1) is 36.3 Å². The summed E-state index contributed by atoms with van der Waals surface area (Å²) in [5, 5.41) is 18.7. The number of nitrogens with zero attached hydrogens (tertiary/aromatic N) is 4. The number of urea groups is 1. The zero-order valence-corrected chi connectivity index (χ0v) is 27.1. The SMILES string of the molecule is CCc1cc(OCc2ccccc2)c(F)cc1-c1ccc(C(=N)c2nc3c(n2SF)CN(C(=O)N2CCC(O)CC2)C3)c(NSF)c1. The van der Waals surface area contributed by atoms with E-state index in [-0.39, 0.29) is 78.9 Å². The van der Waals surface area contributed by atoms with E-state index < -0.39 is 11.9 Å². The minimum Gasteiger partial charge on any atom is -0.486 e. The van der Waals surface area contributed by atoms with Gasteiger partial charge in [0.1, 0.15) is 12.3 Å². The van der Waals surface area contributed by atoms with Crippen molar-refractivity contribution in [3.8, 4) is 16.9 Å². The van der Waals surface area contributed by atoms with Gasteiger partial charge in [-0.05, 0) is 65.8 Å².